The number of pyridine rings is 1. The van der Waals surface area contributed by atoms with Gasteiger partial charge in [0.15, 0.2) is 5.78 Å². The maximum absolute atomic E-state index is 12.9. The number of esters is 1. The molecular formula is C23H26N4O3. The first-order chi connectivity index (χ1) is 14.7. The van der Waals surface area contributed by atoms with Crippen molar-refractivity contribution in [3.05, 3.63) is 59.9 Å². The van der Waals surface area contributed by atoms with Crippen molar-refractivity contribution in [2.75, 3.05) is 44.2 Å². The zero-order valence-electron chi connectivity index (χ0n) is 17.1. The Bertz CT molecular complexity index is 1030. The largest absolute Gasteiger partial charge is 0.462 e. The van der Waals surface area contributed by atoms with Crippen molar-refractivity contribution in [1.82, 2.24) is 14.9 Å². The molecule has 3 heterocycles. The van der Waals surface area contributed by atoms with Crippen LogP contribution in [0.5, 0.6) is 0 Å². The van der Waals surface area contributed by atoms with Crippen LogP contribution in [0.15, 0.2) is 48.8 Å². The quantitative estimate of drug-likeness (QED) is 0.501. The van der Waals surface area contributed by atoms with E-state index in [9.17, 15) is 9.59 Å². The van der Waals surface area contributed by atoms with Gasteiger partial charge in [-0.05, 0) is 31.5 Å². The highest BCUT2D eigenvalue weighted by molar-refractivity contribution is 6.08. The second kappa shape index (κ2) is 9.09. The Morgan fingerprint density at radius 2 is 1.97 bits per heavy atom. The first-order valence-corrected chi connectivity index (χ1v) is 10.4. The van der Waals surface area contributed by atoms with Crippen LogP contribution in [0.3, 0.4) is 0 Å². The van der Waals surface area contributed by atoms with Gasteiger partial charge in [-0.25, -0.2) is 9.78 Å². The van der Waals surface area contributed by atoms with Crippen LogP contribution in [0.4, 0.5) is 5.82 Å². The first kappa shape index (κ1) is 20.1. The summed E-state index contributed by atoms with van der Waals surface area (Å²) in [6, 6.07) is 11.5. The van der Waals surface area contributed by atoms with Crippen molar-refractivity contribution < 1.29 is 14.3 Å². The van der Waals surface area contributed by atoms with Crippen LogP contribution < -0.4 is 4.90 Å². The van der Waals surface area contributed by atoms with E-state index in [-0.39, 0.29) is 11.8 Å². The number of ketones is 1. The third-order valence-electron chi connectivity index (χ3n) is 5.43. The highest BCUT2D eigenvalue weighted by atomic mass is 16.5. The minimum atomic E-state index is -0.352. The molecule has 0 amide bonds. The van der Waals surface area contributed by atoms with E-state index >= 15 is 0 Å². The number of H-pyrrole nitrogens is 1. The highest BCUT2D eigenvalue weighted by Gasteiger charge is 2.20. The summed E-state index contributed by atoms with van der Waals surface area (Å²) in [6.07, 6.45) is 4.32. The van der Waals surface area contributed by atoms with Crippen molar-refractivity contribution in [3.8, 4) is 0 Å². The number of ether oxygens (including phenoxy) is 1. The van der Waals surface area contributed by atoms with Gasteiger partial charge in [0.05, 0.1) is 18.7 Å². The van der Waals surface area contributed by atoms with Gasteiger partial charge in [0.1, 0.15) is 5.82 Å². The molecule has 3 aromatic rings. The molecule has 0 radical (unpaired) electrons. The molecule has 0 atom stereocenters. The predicted molar refractivity (Wildman–Crippen MR) is 116 cm³/mol. The predicted octanol–water partition coefficient (Wildman–Crippen LogP) is 3.13. The Hall–Kier alpha value is -3.19. The van der Waals surface area contributed by atoms with Gasteiger partial charge in [0.25, 0.3) is 0 Å². The number of carbonyl (C=O) groups excluding carboxylic acids is 2. The number of nitrogens with zero attached hydrogens (tertiary/aromatic N) is 3. The lowest BCUT2D eigenvalue weighted by molar-refractivity contribution is 0.0525. The molecule has 0 bridgehead atoms. The maximum atomic E-state index is 12.9. The molecule has 0 spiro atoms. The number of hydrogen-bond donors (Lipinski definition) is 1. The fraction of sp³-hybridized carbons (Fsp3) is 0.348. The van der Waals surface area contributed by atoms with Gasteiger partial charge in [0.2, 0.25) is 0 Å². The van der Waals surface area contributed by atoms with E-state index in [1.807, 2.05) is 36.5 Å². The number of Topliss-reactive ketones (excluding diaryl/α,β-unsaturated/α-hetero) is 1. The van der Waals surface area contributed by atoms with Gasteiger partial charge in [-0.3, -0.25) is 9.69 Å². The van der Waals surface area contributed by atoms with Crippen LogP contribution in [0, 0.1) is 0 Å². The van der Waals surface area contributed by atoms with Gasteiger partial charge < -0.3 is 14.6 Å². The van der Waals surface area contributed by atoms with Crippen LogP contribution in [0.25, 0.3) is 10.9 Å². The molecule has 156 valence electrons. The summed E-state index contributed by atoms with van der Waals surface area (Å²) in [5.74, 6) is 0.625. The van der Waals surface area contributed by atoms with E-state index in [4.69, 9.17) is 4.74 Å². The van der Waals surface area contributed by atoms with Crippen LogP contribution >= 0.6 is 0 Å². The lowest BCUT2D eigenvalue weighted by atomic mass is 10.1. The number of aromatic amines is 1. The third-order valence-corrected chi connectivity index (χ3v) is 5.43. The van der Waals surface area contributed by atoms with Gasteiger partial charge >= 0.3 is 5.97 Å². The molecule has 0 unspecified atom stereocenters. The van der Waals surface area contributed by atoms with E-state index in [0.717, 1.165) is 54.9 Å². The Kier molecular flexibility index (Phi) is 6.09. The van der Waals surface area contributed by atoms with Gasteiger partial charge in [-0.2, -0.15) is 0 Å². The van der Waals surface area contributed by atoms with E-state index in [2.05, 4.69) is 19.8 Å². The van der Waals surface area contributed by atoms with Crippen LogP contribution in [-0.2, 0) is 4.74 Å². The molecule has 0 saturated carbocycles. The zero-order valence-corrected chi connectivity index (χ0v) is 17.1. The number of para-hydroxylation sites is 1. The molecule has 30 heavy (non-hydrogen) atoms. The second-order valence-electron chi connectivity index (χ2n) is 7.41. The first-order valence-electron chi connectivity index (χ1n) is 10.4. The van der Waals surface area contributed by atoms with E-state index < -0.39 is 0 Å². The molecular weight excluding hydrogens is 380 g/mol. The minimum Gasteiger partial charge on any atom is -0.462 e. The van der Waals surface area contributed by atoms with Crippen LogP contribution in [0.2, 0.25) is 0 Å². The smallest absolute Gasteiger partial charge is 0.339 e. The van der Waals surface area contributed by atoms with Crippen LogP contribution in [0.1, 0.15) is 34.1 Å². The Morgan fingerprint density at radius 1 is 1.10 bits per heavy atom. The average molecular weight is 406 g/mol. The number of nitrogens with one attached hydrogen (secondary N) is 1. The molecule has 7 nitrogen and oxygen atoms in total. The summed E-state index contributed by atoms with van der Waals surface area (Å²) in [5.41, 5.74) is 2.20. The van der Waals surface area contributed by atoms with Crippen molar-refractivity contribution >= 4 is 28.5 Å². The molecule has 1 aliphatic heterocycles. The monoisotopic (exact) mass is 406 g/mol. The molecule has 1 saturated heterocycles. The average Bonchev–Trinajstić information content (AvgIpc) is 3.07. The summed E-state index contributed by atoms with van der Waals surface area (Å²) in [6.45, 7) is 5.84. The summed E-state index contributed by atoms with van der Waals surface area (Å²) in [7, 11) is 0. The highest BCUT2D eigenvalue weighted by Crippen LogP contribution is 2.19. The third kappa shape index (κ3) is 4.36. The normalized spacial score (nSPS) is 15.2. The molecule has 7 heteroatoms. The topological polar surface area (TPSA) is 78.5 Å². The number of anilines is 1. The second-order valence-corrected chi connectivity index (χ2v) is 7.41. The fourth-order valence-electron chi connectivity index (χ4n) is 3.86. The van der Waals surface area contributed by atoms with Crippen molar-refractivity contribution in [2.45, 2.75) is 13.3 Å². The minimum absolute atomic E-state index is 0.137. The molecule has 1 N–H and O–H groups in total. The lowest BCUT2D eigenvalue weighted by Gasteiger charge is -2.22. The Labute approximate surface area is 175 Å². The standard InChI is InChI=1S/C23H26N4O3/c1-2-30-23(29)17-8-9-22(25-14-17)27-11-5-10-26(12-13-27)16-21(28)19-15-24-20-7-4-3-6-18(19)20/h3-4,6-9,14-15,24H,2,5,10-13,16H2,1H3. The Morgan fingerprint density at radius 3 is 2.77 bits per heavy atom. The summed E-state index contributed by atoms with van der Waals surface area (Å²) >= 11 is 0. The number of benzene rings is 1. The van der Waals surface area contributed by atoms with E-state index in [1.165, 1.54) is 0 Å². The summed E-state index contributed by atoms with van der Waals surface area (Å²) in [5, 5.41) is 0.977. The molecule has 4 rings (SSSR count). The Balaban J connectivity index is 1.37. The van der Waals surface area contributed by atoms with Gasteiger partial charge in [-0.1, -0.05) is 18.2 Å². The number of hydrogen-bond acceptors (Lipinski definition) is 6. The van der Waals surface area contributed by atoms with Crippen molar-refractivity contribution in [3.63, 3.8) is 0 Å². The molecule has 0 aliphatic carbocycles. The number of carbonyl (C=O) groups is 2. The lowest BCUT2D eigenvalue weighted by Crippen LogP contribution is -2.34. The fourth-order valence-corrected chi connectivity index (χ4v) is 3.86. The van der Waals surface area contributed by atoms with Crippen molar-refractivity contribution in [2.24, 2.45) is 0 Å². The summed E-state index contributed by atoms with van der Waals surface area (Å²) in [4.78, 5) is 36.7. The zero-order chi connectivity index (χ0) is 20.9. The van der Waals surface area contributed by atoms with Crippen LogP contribution in [-0.4, -0.2) is 66.0 Å². The van der Waals surface area contributed by atoms with E-state index in [0.29, 0.717) is 18.7 Å². The number of aromatic nitrogens is 2. The molecule has 2 aromatic heterocycles. The molecule has 1 fully saturated rings. The number of fused-ring (bicyclic) bond motifs is 1. The van der Waals surface area contributed by atoms with Gasteiger partial charge in [0, 0.05) is 55.0 Å². The summed E-state index contributed by atoms with van der Waals surface area (Å²) < 4.78 is 5.01. The SMILES string of the molecule is CCOC(=O)c1ccc(N2CCCN(CC(=O)c3c[nH]c4ccccc34)CC2)nc1. The number of rotatable bonds is 6. The molecule has 1 aromatic carbocycles. The van der Waals surface area contributed by atoms with Gasteiger partial charge in [-0.15, -0.1) is 0 Å². The maximum Gasteiger partial charge on any atom is 0.339 e. The van der Waals surface area contributed by atoms with Crippen molar-refractivity contribution in [1.29, 1.82) is 0 Å². The van der Waals surface area contributed by atoms with E-state index in [1.54, 1.807) is 19.2 Å². The molecule has 1 aliphatic rings.